The minimum atomic E-state index is -4.69. The molecule has 7 nitrogen and oxygen atoms in total. The number of hydrogen-bond donors (Lipinski definition) is 1. The van der Waals surface area contributed by atoms with Crippen LogP contribution in [0.1, 0.15) is 49.3 Å². The van der Waals surface area contributed by atoms with Crippen molar-refractivity contribution in [2.45, 2.75) is 64.3 Å². The van der Waals surface area contributed by atoms with Crippen LogP contribution in [0.5, 0.6) is 0 Å². The van der Waals surface area contributed by atoms with Gasteiger partial charge >= 0.3 is 6.18 Å². The summed E-state index contributed by atoms with van der Waals surface area (Å²) in [6.07, 6.45) is -0.157. The quantitative estimate of drug-likeness (QED) is 0.516. The molecular formula is C26H32F3N3O4S. The summed E-state index contributed by atoms with van der Waals surface area (Å²) in [7, 11) is -4.13. The molecule has 0 unspecified atom stereocenters. The maximum Gasteiger partial charge on any atom is 0.416 e. The predicted molar refractivity (Wildman–Crippen MR) is 135 cm³/mol. The van der Waals surface area contributed by atoms with Crippen LogP contribution in [-0.2, 0) is 32.3 Å². The second-order valence-electron chi connectivity index (χ2n) is 9.49. The van der Waals surface area contributed by atoms with E-state index in [1.165, 1.54) is 11.0 Å². The van der Waals surface area contributed by atoms with Gasteiger partial charge in [-0.25, -0.2) is 8.42 Å². The van der Waals surface area contributed by atoms with Gasteiger partial charge in [0.25, 0.3) is 0 Å². The fourth-order valence-corrected chi connectivity index (χ4v) is 5.16. The van der Waals surface area contributed by atoms with E-state index in [2.05, 4.69) is 5.32 Å². The maximum absolute atomic E-state index is 13.5. The number of benzene rings is 2. The van der Waals surface area contributed by atoms with Gasteiger partial charge in [0, 0.05) is 12.6 Å². The maximum atomic E-state index is 13.5. The molecule has 0 aliphatic heterocycles. The first-order valence-corrected chi connectivity index (χ1v) is 13.9. The summed E-state index contributed by atoms with van der Waals surface area (Å²) in [5.41, 5.74) is 0.404. The Hall–Kier alpha value is -3.08. The van der Waals surface area contributed by atoms with Crippen molar-refractivity contribution < 1.29 is 31.2 Å². The molecule has 1 fully saturated rings. The highest BCUT2D eigenvalue weighted by molar-refractivity contribution is 7.92. The number of carbonyl (C=O) groups is 2. The fraction of sp³-hybridized carbons (Fsp3) is 0.462. The molecule has 1 aliphatic carbocycles. The zero-order valence-electron chi connectivity index (χ0n) is 21.1. The Morgan fingerprint density at radius 3 is 2.27 bits per heavy atom. The molecule has 3 rings (SSSR count). The van der Waals surface area contributed by atoms with Gasteiger partial charge < -0.3 is 10.2 Å². The third-order valence-electron chi connectivity index (χ3n) is 6.48. The number of carbonyl (C=O) groups excluding carboxylic acids is 2. The van der Waals surface area contributed by atoms with Gasteiger partial charge in [-0.15, -0.1) is 0 Å². The lowest BCUT2D eigenvalue weighted by molar-refractivity contribution is -0.139. The van der Waals surface area contributed by atoms with Crippen molar-refractivity contribution in [2.24, 2.45) is 0 Å². The van der Waals surface area contributed by atoms with E-state index < -0.39 is 40.3 Å². The van der Waals surface area contributed by atoms with Crippen molar-refractivity contribution in [1.29, 1.82) is 0 Å². The lowest BCUT2D eigenvalue weighted by atomic mass is 10.1. The zero-order valence-corrected chi connectivity index (χ0v) is 21.9. The van der Waals surface area contributed by atoms with Gasteiger partial charge in [-0.3, -0.25) is 13.9 Å². The fourth-order valence-electron chi connectivity index (χ4n) is 4.32. The number of aryl methyl sites for hydroxylation is 1. The van der Waals surface area contributed by atoms with E-state index in [-0.39, 0.29) is 24.2 Å². The summed E-state index contributed by atoms with van der Waals surface area (Å²) in [5.74, 6) is -1.07. The van der Waals surface area contributed by atoms with E-state index in [0.29, 0.717) is 10.4 Å². The molecule has 0 spiro atoms. The molecule has 0 bridgehead atoms. The molecule has 1 aliphatic rings. The van der Waals surface area contributed by atoms with Crippen LogP contribution in [0.4, 0.5) is 18.9 Å². The average molecular weight is 540 g/mol. The summed E-state index contributed by atoms with van der Waals surface area (Å²) in [5, 5.41) is 2.96. The predicted octanol–water partition coefficient (Wildman–Crippen LogP) is 4.26. The highest BCUT2D eigenvalue weighted by Gasteiger charge is 2.34. The molecule has 0 aromatic heterocycles. The number of alkyl halides is 3. The largest absolute Gasteiger partial charge is 0.416 e. The van der Waals surface area contributed by atoms with Gasteiger partial charge in [0.15, 0.2) is 0 Å². The zero-order chi connectivity index (χ0) is 27.4. The van der Waals surface area contributed by atoms with Crippen molar-refractivity contribution in [1.82, 2.24) is 10.2 Å². The molecular weight excluding hydrogens is 507 g/mol. The Morgan fingerprint density at radius 1 is 1.08 bits per heavy atom. The van der Waals surface area contributed by atoms with Crippen LogP contribution >= 0.6 is 0 Å². The summed E-state index contributed by atoms with van der Waals surface area (Å²) >= 11 is 0. The number of nitrogens with one attached hydrogen (secondary N) is 1. The third kappa shape index (κ3) is 7.70. The van der Waals surface area contributed by atoms with Crippen LogP contribution in [0.25, 0.3) is 0 Å². The van der Waals surface area contributed by atoms with Crippen molar-refractivity contribution in [2.75, 3.05) is 17.1 Å². The summed E-state index contributed by atoms with van der Waals surface area (Å²) in [6.45, 7) is 2.74. The Labute approximate surface area is 215 Å². The number of rotatable bonds is 9. The smallest absolute Gasteiger partial charge is 0.352 e. The lowest BCUT2D eigenvalue weighted by Gasteiger charge is -2.32. The van der Waals surface area contributed by atoms with E-state index in [4.69, 9.17) is 0 Å². The van der Waals surface area contributed by atoms with Gasteiger partial charge in [0.1, 0.15) is 12.6 Å². The molecule has 0 heterocycles. The number of sulfonamides is 1. The summed E-state index contributed by atoms with van der Waals surface area (Å²) in [4.78, 5) is 27.8. The third-order valence-corrected chi connectivity index (χ3v) is 7.62. The molecule has 1 atom stereocenters. The highest BCUT2D eigenvalue weighted by atomic mass is 32.2. The van der Waals surface area contributed by atoms with E-state index in [1.807, 2.05) is 19.1 Å². The van der Waals surface area contributed by atoms with Crippen LogP contribution < -0.4 is 9.62 Å². The lowest BCUT2D eigenvalue weighted by Crippen LogP contribution is -2.52. The van der Waals surface area contributed by atoms with Gasteiger partial charge in [-0.05, 0) is 50.5 Å². The average Bonchev–Trinajstić information content (AvgIpc) is 3.33. The second kappa shape index (κ2) is 11.5. The van der Waals surface area contributed by atoms with E-state index in [9.17, 15) is 31.2 Å². The van der Waals surface area contributed by atoms with Crippen LogP contribution in [0, 0.1) is 6.92 Å². The molecule has 11 heteroatoms. The Balaban J connectivity index is 1.91. The first kappa shape index (κ1) is 28.5. The second-order valence-corrected chi connectivity index (χ2v) is 11.4. The number of hydrogen-bond acceptors (Lipinski definition) is 4. The molecule has 1 saturated carbocycles. The number of amides is 2. The van der Waals surface area contributed by atoms with Crippen LogP contribution in [-0.4, -0.2) is 50.0 Å². The van der Waals surface area contributed by atoms with Gasteiger partial charge in [-0.2, -0.15) is 13.2 Å². The first-order valence-electron chi connectivity index (χ1n) is 12.1. The topological polar surface area (TPSA) is 86.8 Å². The van der Waals surface area contributed by atoms with E-state index in [0.717, 1.165) is 55.2 Å². The molecule has 37 heavy (non-hydrogen) atoms. The highest BCUT2D eigenvalue weighted by Crippen LogP contribution is 2.32. The Bertz CT molecular complexity index is 1210. The Morgan fingerprint density at radius 2 is 1.70 bits per heavy atom. The number of nitrogens with zero attached hydrogens (tertiary/aromatic N) is 2. The molecule has 0 saturated heterocycles. The van der Waals surface area contributed by atoms with Gasteiger partial charge in [0.2, 0.25) is 21.8 Å². The monoisotopic (exact) mass is 539 g/mol. The number of anilines is 1. The summed E-state index contributed by atoms with van der Waals surface area (Å²) < 4.78 is 65.6. The molecule has 2 aromatic rings. The standard InChI is InChI=1S/C26H32F3N3O4S/c1-18-11-13-20(14-12-18)16-31(19(2)25(34)30-22-8-4-5-9-22)24(33)17-32(37(3,35)36)23-10-6-7-21(15-23)26(27,28)29/h6-7,10-15,19,22H,4-5,8-9,16-17H2,1-3H3,(H,30,34)/t19-/m1/s1. The van der Waals surface area contributed by atoms with Crippen molar-refractivity contribution in [3.8, 4) is 0 Å². The SMILES string of the molecule is Cc1ccc(CN(C(=O)CN(c2cccc(C(F)(F)F)c2)S(C)(=O)=O)[C@H](C)C(=O)NC2CCCC2)cc1. The van der Waals surface area contributed by atoms with E-state index in [1.54, 1.807) is 19.1 Å². The first-order chi connectivity index (χ1) is 17.3. The molecule has 2 amide bonds. The summed E-state index contributed by atoms with van der Waals surface area (Å²) in [6, 6.07) is 10.2. The molecule has 1 N–H and O–H groups in total. The van der Waals surface area contributed by atoms with Gasteiger partial charge in [-0.1, -0.05) is 48.7 Å². The van der Waals surface area contributed by atoms with E-state index >= 15 is 0 Å². The normalized spacial score (nSPS) is 15.3. The van der Waals surface area contributed by atoms with Crippen LogP contribution in [0.15, 0.2) is 48.5 Å². The van der Waals surface area contributed by atoms with Crippen LogP contribution in [0.2, 0.25) is 0 Å². The minimum absolute atomic E-state index is 0.0175. The van der Waals surface area contributed by atoms with Crippen LogP contribution in [0.3, 0.4) is 0 Å². The van der Waals surface area contributed by atoms with Crippen molar-refractivity contribution >= 4 is 27.5 Å². The molecule has 2 aromatic carbocycles. The molecule has 202 valence electrons. The van der Waals surface area contributed by atoms with Crippen molar-refractivity contribution in [3.63, 3.8) is 0 Å². The van der Waals surface area contributed by atoms with Gasteiger partial charge in [0.05, 0.1) is 17.5 Å². The van der Waals surface area contributed by atoms with Crippen molar-refractivity contribution in [3.05, 3.63) is 65.2 Å². The minimum Gasteiger partial charge on any atom is -0.352 e. The molecule has 0 radical (unpaired) electrons. The Kier molecular flexibility index (Phi) is 8.88. The number of halogens is 3.